The quantitative estimate of drug-likeness (QED) is 0.360. The third-order valence-electron chi connectivity index (χ3n) is 5.45. The molecular formula is C22H50N4O. The van der Waals surface area contributed by atoms with Crippen LogP contribution < -0.4 is 0 Å². The molecule has 0 rings (SSSR count). The number of rotatable bonds is 18. The van der Waals surface area contributed by atoms with Gasteiger partial charge in [0.15, 0.2) is 0 Å². The Kier molecular flexibility index (Phi) is 16.6. The number of ether oxygens (including phenoxy) is 1. The highest BCUT2D eigenvalue weighted by atomic mass is 16.5. The van der Waals surface area contributed by atoms with Gasteiger partial charge in [-0.3, -0.25) is 9.80 Å². The van der Waals surface area contributed by atoms with Crippen molar-refractivity contribution >= 4 is 0 Å². The van der Waals surface area contributed by atoms with E-state index in [1.807, 2.05) is 0 Å². The average molecular weight is 387 g/mol. The monoisotopic (exact) mass is 386 g/mol. The van der Waals surface area contributed by atoms with Gasteiger partial charge in [0.05, 0.1) is 13.2 Å². The lowest BCUT2D eigenvalue weighted by Crippen LogP contribution is -2.42. The van der Waals surface area contributed by atoms with Crippen molar-refractivity contribution in [3.63, 3.8) is 0 Å². The molecule has 0 heterocycles. The molecule has 0 saturated carbocycles. The normalized spacial score (nSPS) is 14.7. The van der Waals surface area contributed by atoms with Crippen LogP contribution in [0.3, 0.4) is 0 Å². The zero-order valence-electron chi connectivity index (χ0n) is 19.8. The lowest BCUT2D eigenvalue weighted by atomic mass is 10.1. The highest BCUT2D eigenvalue weighted by Gasteiger charge is 2.18. The van der Waals surface area contributed by atoms with Crippen molar-refractivity contribution in [3.05, 3.63) is 0 Å². The zero-order chi connectivity index (χ0) is 20.7. The lowest BCUT2D eigenvalue weighted by molar-refractivity contribution is 0.0258. The Morgan fingerprint density at radius 3 is 1.26 bits per heavy atom. The van der Waals surface area contributed by atoms with Gasteiger partial charge in [-0.2, -0.15) is 0 Å². The molecule has 164 valence electrons. The van der Waals surface area contributed by atoms with Gasteiger partial charge in [0, 0.05) is 38.3 Å². The SMILES string of the molecule is CCCCC(COCC(CCCC)N(C)CCN(C)C)N(C)CCN(C)C. The summed E-state index contributed by atoms with van der Waals surface area (Å²) in [6.45, 7) is 10.7. The van der Waals surface area contributed by atoms with Crippen LogP contribution in [0.25, 0.3) is 0 Å². The molecule has 27 heavy (non-hydrogen) atoms. The van der Waals surface area contributed by atoms with Gasteiger partial charge in [0.1, 0.15) is 0 Å². The van der Waals surface area contributed by atoms with Crippen molar-refractivity contribution in [2.45, 2.75) is 64.5 Å². The van der Waals surface area contributed by atoms with Crippen molar-refractivity contribution in [1.29, 1.82) is 0 Å². The molecule has 5 heteroatoms. The highest BCUT2D eigenvalue weighted by molar-refractivity contribution is 4.73. The van der Waals surface area contributed by atoms with E-state index in [0.717, 1.165) is 39.4 Å². The molecule has 0 N–H and O–H groups in total. The van der Waals surface area contributed by atoms with Crippen LogP contribution in [0.5, 0.6) is 0 Å². The van der Waals surface area contributed by atoms with E-state index in [1.54, 1.807) is 0 Å². The molecule has 0 amide bonds. The van der Waals surface area contributed by atoms with E-state index < -0.39 is 0 Å². The summed E-state index contributed by atoms with van der Waals surface area (Å²) in [5.41, 5.74) is 0. The Balaban J connectivity index is 4.54. The molecule has 0 aliphatic heterocycles. The van der Waals surface area contributed by atoms with Crippen LogP contribution in [0, 0.1) is 0 Å². The Labute approximate surface area is 171 Å². The van der Waals surface area contributed by atoms with Gasteiger partial charge < -0.3 is 14.5 Å². The van der Waals surface area contributed by atoms with E-state index in [4.69, 9.17) is 4.74 Å². The molecule has 0 aliphatic carbocycles. The van der Waals surface area contributed by atoms with Gasteiger partial charge in [-0.1, -0.05) is 39.5 Å². The first-order valence-electron chi connectivity index (χ1n) is 11.1. The van der Waals surface area contributed by atoms with Gasteiger partial charge in [0.25, 0.3) is 0 Å². The van der Waals surface area contributed by atoms with Crippen molar-refractivity contribution in [2.24, 2.45) is 0 Å². The Hall–Kier alpha value is -0.200. The molecule has 0 spiro atoms. The Bertz CT molecular complexity index is 295. The molecule has 2 unspecified atom stereocenters. The summed E-state index contributed by atoms with van der Waals surface area (Å²) < 4.78 is 6.30. The first kappa shape index (κ1) is 26.8. The predicted molar refractivity (Wildman–Crippen MR) is 120 cm³/mol. The fourth-order valence-electron chi connectivity index (χ4n) is 3.16. The number of likely N-dealkylation sites (N-methyl/N-ethyl adjacent to an activating group) is 4. The van der Waals surface area contributed by atoms with Crippen LogP contribution in [0.1, 0.15) is 52.4 Å². The van der Waals surface area contributed by atoms with E-state index in [-0.39, 0.29) is 0 Å². The van der Waals surface area contributed by atoms with Crippen molar-refractivity contribution in [3.8, 4) is 0 Å². The summed E-state index contributed by atoms with van der Waals surface area (Å²) in [5, 5.41) is 0. The molecule has 5 nitrogen and oxygen atoms in total. The van der Waals surface area contributed by atoms with E-state index >= 15 is 0 Å². The Morgan fingerprint density at radius 1 is 0.593 bits per heavy atom. The largest absolute Gasteiger partial charge is 0.378 e. The summed E-state index contributed by atoms with van der Waals surface area (Å²) in [4.78, 5) is 9.50. The van der Waals surface area contributed by atoms with Crippen molar-refractivity contribution < 1.29 is 4.74 Å². The third-order valence-corrected chi connectivity index (χ3v) is 5.45. The van der Waals surface area contributed by atoms with E-state index in [0.29, 0.717) is 12.1 Å². The minimum Gasteiger partial charge on any atom is -0.378 e. The maximum absolute atomic E-state index is 6.30. The number of nitrogens with zero attached hydrogens (tertiary/aromatic N) is 4. The van der Waals surface area contributed by atoms with Crippen LogP contribution in [0.2, 0.25) is 0 Å². The molecule has 0 aromatic heterocycles. The van der Waals surface area contributed by atoms with Crippen LogP contribution in [0.15, 0.2) is 0 Å². The summed E-state index contributed by atoms with van der Waals surface area (Å²) >= 11 is 0. The predicted octanol–water partition coefficient (Wildman–Crippen LogP) is 3.11. The maximum Gasteiger partial charge on any atom is 0.0622 e. The molecule has 0 aromatic rings. The van der Waals surface area contributed by atoms with Gasteiger partial charge >= 0.3 is 0 Å². The van der Waals surface area contributed by atoms with Crippen LogP contribution in [-0.2, 0) is 4.74 Å². The standard InChI is InChI=1S/C22H50N4O/c1-9-11-13-21(25(7)17-15-23(3)4)19-27-20-22(14-12-10-2)26(8)18-16-24(5)6/h21-22H,9-20H2,1-8H3. The molecule has 0 aromatic carbocycles. The smallest absolute Gasteiger partial charge is 0.0622 e. The maximum atomic E-state index is 6.30. The van der Waals surface area contributed by atoms with Gasteiger partial charge in [0.2, 0.25) is 0 Å². The molecule has 0 fully saturated rings. The second-order valence-corrected chi connectivity index (χ2v) is 8.70. The lowest BCUT2D eigenvalue weighted by Gasteiger charge is -2.32. The molecule has 2 atom stereocenters. The van der Waals surface area contributed by atoms with E-state index in [1.165, 1.54) is 38.5 Å². The van der Waals surface area contributed by atoms with Crippen molar-refractivity contribution in [1.82, 2.24) is 19.6 Å². The molecule has 0 bridgehead atoms. The molecule has 0 aliphatic rings. The summed E-state index contributed by atoms with van der Waals surface area (Å²) in [6.07, 6.45) is 7.53. The van der Waals surface area contributed by atoms with E-state index in [2.05, 4.69) is 75.7 Å². The number of unbranched alkanes of at least 4 members (excludes halogenated alkanes) is 2. The third kappa shape index (κ3) is 14.5. The van der Waals surface area contributed by atoms with Crippen molar-refractivity contribution in [2.75, 3.05) is 81.7 Å². The molecule has 0 saturated heterocycles. The first-order chi connectivity index (χ1) is 12.8. The van der Waals surface area contributed by atoms with Gasteiger partial charge in [-0.05, 0) is 55.1 Å². The summed E-state index contributed by atoms with van der Waals surface area (Å²) in [7, 11) is 13.1. The number of hydrogen-bond donors (Lipinski definition) is 0. The van der Waals surface area contributed by atoms with Crippen LogP contribution in [0.4, 0.5) is 0 Å². The first-order valence-corrected chi connectivity index (χ1v) is 11.1. The Morgan fingerprint density at radius 2 is 0.963 bits per heavy atom. The molecule has 0 radical (unpaired) electrons. The second-order valence-electron chi connectivity index (χ2n) is 8.70. The number of hydrogen-bond acceptors (Lipinski definition) is 5. The van der Waals surface area contributed by atoms with Crippen LogP contribution >= 0.6 is 0 Å². The highest BCUT2D eigenvalue weighted by Crippen LogP contribution is 2.11. The van der Waals surface area contributed by atoms with Gasteiger partial charge in [-0.15, -0.1) is 0 Å². The topological polar surface area (TPSA) is 22.2 Å². The zero-order valence-corrected chi connectivity index (χ0v) is 19.8. The fourth-order valence-corrected chi connectivity index (χ4v) is 3.16. The average Bonchev–Trinajstić information content (AvgIpc) is 2.62. The summed E-state index contributed by atoms with van der Waals surface area (Å²) in [6, 6.07) is 1.06. The minimum absolute atomic E-state index is 0.531. The van der Waals surface area contributed by atoms with Crippen LogP contribution in [-0.4, -0.2) is 113 Å². The van der Waals surface area contributed by atoms with E-state index in [9.17, 15) is 0 Å². The minimum atomic E-state index is 0.531. The summed E-state index contributed by atoms with van der Waals surface area (Å²) in [5.74, 6) is 0. The fraction of sp³-hybridized carbons (Fsp3) is 1.00. The molecular weight excluding hydrogens is 336 g/mol. The van der Waals surface area contributed by atoms with Gasteiger partial charge in [-0.25, -0.2) is 0 Å². The second kappa shape index (κ2) is 16.7.